The van der Waals surface area contributed by atoms with Crippen molar-refractivity contribution in [2.24, 2.45) is 0 Å². The molecule has 0 aromatic carbocycles. The van der Waals surface area contributed by atoms with Crippen LogP contribution in [0.4, 0.5) is 5.13 Å². The van der Waals surface area contributed by atoms with Crippen LogP contribution in [-0.2, 0) is 6.54 Å². The smallest absolute Gasteiger partial charge is 0.275 e. The molecule has 0 unspecified atom stereocenters. The number of anilines is 1. The van der Waals surface area contributed by atoms with Crippen LogP contribution in [0.2, 0.25) is 8.67 Å². The fourth-order valence-electron chi connectivity index (χ4n) is 1.91. The van der Waals surface area contributed by atoms with Crippen molar-refractivity contribution >= 4 is 56.9 Å². The lowest BCUT2D eigenvalue weighted by Gasteiger charge is -2.03. The summed E-state index contributed by atoms with van der Waals surface area (Å²) in [6.45, 7) is 2.55. The topological polar surface area (TPSA) is 59.8 Å². The van der Waals surface area contributed by atoms with Gasteiger partial charge < -0.3 is 0 Å². The van der Waals surface area contributed by atoms with Gasteiger partial charge in [0.15, 0.2) is 5.13 Å². The maximum Gasteiger partial charge on any atom is 0.275 e. The zero-order chi connectivity index (χ0) is 15.7. The number of nitrogens with zero attached hydrogens (tertiary/aromatic N) is 3. The van der Waals surface area contributed by atoms with Crippen LogP contribution in [0.25, 0.3) is 11.3 Å². The number of nitrogens with one attached hydrogen (secondary N) is 1. The van der Waals surface area contributed by atoms with Gasteiger partial charge in [-0.05, 0) is 19.1 Å². The molecule has 1 amide bonds. The molecular formula is C13H10Cl2N4OS2. The summed E-state index contributed by atoms with van der Waals surface area (Å²) in [7, 11) is 0. The molecule has 3 rings (SSSR count). The average molecular weight is 373 g/mol. The Labute approximate surface area is 144 Å². The Bertz CT molecular complexity index is 824. The van der Waals surface area contributed by atoms with Gasteiger partial charge in [-0.3, -0.25) is 14.8 Å². The molecule has 0 saturated carbocycles. The Morgan fingerprint density at radius 1 is 1.45 bits per heavy atom. The molecule has 9 heteroatoms. The van der Waals surface area contributed by atoms with Crippen LogP contribution >= 0.6 is 45.9 Å². The summed E-state index contributed by atoms with van der Waals surface area (Å²) in [6.07, 6.45) is 1.60. The third kappa shape index (κ3) is 3.03. The van der Waals surface area contributed by atoms with Crippen LogP contribution in [0.1, 0.15) is 17.4 Å². The molecule has 3 aromatic rings. The molecule has 0 aliphatic rings. The summed E-state index contributed by atoms with van der Waals surface area (Å²) in [5.74, 6) is -0.241. The number of amides is 1. The van der Waals surface area contributed by atoms with Crippen molar-refractivity contribution in [3.8, 4) is 11.3 Å². The molecule has 114 valence electrons. The fraction of sp³-hybridized carbons (Fsp3) is 0.154. The van der Waals surface area contributed by atoms with Gasteiger partial charge in [-0.15, -0.1) is 22.7 Å². The third-order valence-electron chi connectivity index (χ3n) is 2.91. The highest BCUT2D eigenvalue weighted by molar-refractivity contribution is 7.20. The van der Waals surface area contributed by atoms with E-state index in [0.29, 0.717) is 31.7 Å². The van der Waals surface area contributed by atoms with Gasteiger partial charge in [0.1, 0.15) is 10.0 Å². The maximum atomic E-state index is 12.2. The second kappa shape index (κ2) is 6.37. The molecule has 0 bridgehead atoms. The fourth-order valence-corrected chi connectivity index (χ4v) is 4.10. The molecule has 5 nitrogen and oxygen atoms in total. The molecular weight excluding hydrogens is 363 g/mol. The lowest BCUT2D eigenvalue weighted by atomic mass is 10.3. The molecule has 0 aliphatic carbocycles. The molecule has 22 heavy (non-hydrogen) atoms. The van der Waals surface area contributed by atoms with E-state index < -0.39 is 0 Å². The normalized spacial score (nSPS) is 10.9. The Morgan fingerprint density at radius 2 is 2.27 bits per heavy atom. The van der Waals surface area contributed by atoms with Crippen LogP contribution in [0.5, 0.6) is 0 Å². The second-order valence-corrected chi connectivity index (χ2v) is 7.41. The summed E-state index contributed by atoms with van der Waals surface area (Å²) < 4.78 is 2.81. The van der Waals surface area contributed by atoms with E-state index in [2.05, 4.69) is 15.4 Å². The zero-order valence-electron chi connectivity index (χ0n) is 11.3. The highest BCUT2D eigenvalue weighted by atomic mass is 35.5. The number of thiazole rings is 1. The lowest BCUT2D eigenvalue weighted by molar-refractivity contribution is 0.101. The van der Waals surface area contributed by atoms with E-state index in [1.807, 2.05) is 12.3 Å². The van der Waals surface area contributed by atoms with Gasteiger partial charge in [0.05, 0.1) is 10.0 Å². The monoisotopic (exact) mass is 372 g/mol. The Morgan fingerprint density at radius 3 is 2.95 bits per heavy atom. The van der Waals surface area contributed by atoms with E-state index in [4.69, 9.17) is 23.2 Å². The van der Waals surface area contributed by atoms with Gasteiger partial charge in [-0.2, -0.15) is 5.10 Å². The molecule has 0 spiro atoms. The SMILES string of the molecule is CCn1nccc1C(=O)Nc1nc(-c2cc(Cl)sc2Cl)cs1. The second-order valence-electron chi connectivity index (χ2n) is 4.26. The third-order valence-corrected chi connectivity index (χ3v) is 5.15. The van der Waals surface area contributed by atoms with E-state index in [0.717, 1.165) is 5.56 Å². The van der Waals surface area contributed by atoms with Gasteiger partial charge >= 0.3 is 0 Å². The van der Waals surface area contributed by atoms with Gasteiger partial charge in [0.2, 0.25) is 0 Å². The summed E-state index contributed by atoms with van der Waals surface area (Å²) in [6, 6.07) is 3.43. The van der Waals surface area contributed by atoms with Gasteiger partial charge in [0, 0.05) is 23.7 Å². The minimum absolute atomic E-state index is 0.241. The minimum Gasteiger partial charge on any atom is -0.296 e. The maximum absolute atomic E-state index is 12.2. The molecule has 0 fully saturated rings. The summed E-state index contributed by atoms with van der Waals surface area (Å²) in [5, 5.41) is 9.18. The summed E-state index contributed by atoms with van der Waals surface area (Å²) in [5.41, 5.74) is 1.96. The number of carbonyl (C=O) groups is 1. The molecule has 1 N–H and O–H groups in total. The first-order chi connectivity index (χ1) is 10.6. The first-order valence-corrected chi connectivity index (χ1v) is 8.77. The zero-order valence-corrected chi connectivity index (χ0v) is 14.5. The molecule has 3 heterocycles. The van der Waals surface area contributed by atoms with E-state index in [1.54, 1.807) is 23.0 Å². The van der Waals surface area contributed by atoms with E-state index in [-0.39, 0.29) is 5.91 Å². The Balaban J connectivity index is 1.80. The van der Waals surface area contributed by atoms with Crippen molar-refractivity contribution in [3.63, 3.8) is 0 Å². The average Bonchev–Trinajstić information content (AvgIpc) is 3.18. The van der Waals surface area contributed by atoms with Crippen molar-refractivity contribution in [1.82, 2.24) is 14.8 Å². The number of halogens is 2. The highest BCUT2D eigenvalue weighted by Gasteiger charge is 2.15. The summed E-state index contributed by atoms with van der Waals surface area (Å²) >= 11 is 14.7. The van der Waals surface area contributed by atoms with E-state index >= 15 is 0 Å². The number of aryl methyl sites for hydroxylation is 1. The van der Waals surface area contributed by atoms with Crippen molar-refractivity contribution in [2.75, 3.05) is 5.32 Å². The molecule has 0 aliphatic heterocycles. The summed E-state index contributed by atoms with van der Waals surface area (Å²) in [4.78, 5) is 16.6. The van der Waals surface area contributed by atoms with Crippen molar-refractivity contribution in [1.29, 1.82) is 0 Å². The molecule has 0 atom stereocenters. The van der Waals surface area contributed by atoms with Crippen LogP contribution < -0.4 is 5.32 Å². The molecule has 3 aromatic heterocycles. The quantitative estimate of drug-likeness (QED) is 0.724. The van der Waals surface area contributed by atoms with Crippen molar-refractivity contribution < 1.29 is 4.79 Å². The van der Waals surface area contributed by atoms with E-state index in [1.165, 1.54) is 22.7 Å². The van der Waals surface area contributed by atoms with Crippen LogP contribution in [0.3, 0.4) is 0 Å². The van der Waals surface area contributed by atoms with Crippen LogP contribution in [0, 0.1) is 0 Å². The minimum atomic E-state index is -0.241. The first kappa shape index (κ1) is 15.5. The van der Waals surface area contributed by atoms with Gasteiger partial charge in [-0.25, -0.2) is 4.98 Å². The molecule has 0 radical (unpaired) electrons. The predicted octanol–water partition coefficient (Wildman–Crippen LogP) is 4.65. The van der Waals surface area contributed by atoms with E-state index in [9.17, 15) is 4.79 Å². The number of thiophene rings is 1. The number of rotatable bonds is 4. The largest absolute Gasteiger partial charge is 0.296 e. The number of hydrogen-bond donors (Lipinski definition) is 1. The number of carbonyl (C=O) groups excluding carboxylic acids is 1. The number of hydrogen-bond acceptors (Lipinski definition) is 5. The lowest BCUT2D eigenvalue weighted by Crippen LogP contribution is -2.17. The van der Waals surface area contributed by atoms with Crippen molar-refractivity contribution in [2.45, 2.75) is 13.5 Å². The Hall–Kier alpha value is -1.41. The standard InChI is InChI=1S/C13H10Cl2N4OS2/c1-2-19-9(3-4-16-19)12(20)18-13-17-8(6-21-13)7-5-10(14)22-11(7)15/h3-6H,2H2,1H3,(H,17,18,20). The number of aromatic nitrogens is 3. The van der Waals surface area contributed by atoms with Crippen molar-refractivity contribution in [3.05, 3.63) is 38.1 Å². The highest BCUT2D eigenvalue weighted by Crippen LogP contribution is 2.38. The van der Waals surface area contributed by atoms with Gasteiger partial charge in [-0.1, -0.05) is 23.2 Å². The van der Waals surface area contributed by atoms with Crippen LogP contribution in [-0.4, -0.2) is 20.7 Å². The first-order valence-electron chi connectivity index (χ1n) is 6.32. The Kier molecular flexibility index (Phi) is 4.49. The predicted molar refractivity (Wildman–Crippen MR) is 91.3 cm³/mol. The molecule has 0 saturated heterocycles. The van der Waals surface area contributed by atoms with Gasteiger partial charge in [0.25, 0.3) is 5.91 Å². The van der Waals surface area contributed by atoms with Crippen LogP contribution in [0.15, 0.2) is 23.7 Å².